The average molecular weight is 232 g/mol. The fourth-order valence-electron chi connectivity index (χ4n) is 1.74. The molecule has 82 valence electrons. The second-order valence-electron chi connectivity index (χ2n) is 3.85. The largest absolute Gasteiger partial charge is 0.324 e. The predicted octanol–water partition coefficient (Wildman–Crippen LogP) is 3.58. The van der Waals surface area contributed by atoms with Crippen LogP contribution in [0.4, 0.5) is 0 Å². The molecule has 16 heavy (non-hydrogen) atoms. The van der Waals surface area contributed by atoms with E-state index in [0.717, 1.165) is 17.0 Å². The lowest BCUT2D eigenvalue weighted by atomic mass is 10.00. The third-order valence-electron chi connectivity index (χ3n) is 2.57. The molecule has 0 bridgehead atoms. The number of rotatable bonds is 3. The zero-order valence-electron chi connectivity index (χ0n) is 8.94. The first-order chi connectivity index (χ1) is 7.75. The Hall–Kier alpha value is -1.31. The summed E-state index contributed by atoms with van der Waals surface area (Å²) in [6, 6.07) is 18.0. The van der Waals surface area contributed by atoms with Gasteiger partial charge in [0.15, 0.2) is 0 Å². The van der Waals surface area contributed by atoms with Gasteiger partial charge in [-0.15, -0.1) is 0 Å². The summed E-state index contributed by atoms with van der Waals surface area (Å²) in [7, 11) is 0. The number of halogens is 1. The van der Waals surface area contributed by atoms with E-state index in [1.165, 1.54) is 5.56 Å². The molecule has 0 saturated heterocycles. The van der Waals surface area contributed by atoms with Crippen molar-refractivity contribution in [3.8, 4) is 0 Å². The van der Waals surface area contributed by atoms with Crippen LogP contribution in [0.1, 0.15) is 17.2 Å². The summed E-state index contributed by atoms with van der Waals surface area (Å²) in [4.78, 5) is 0. The molecule has 2 N–H and O–H groups in total. The summed E-state index contributed by atoms with van der Waals surface area (Å²) in [5.41, 5.74) is 8.46. The Bertz CT molecular complexity index is 453. The van der Waals surface area contributed by atoms with Gasteiger partial charge in [0.2, 0.25) is 0 Å². The van der Waals surface area contributed by atoms with Crippen LogP contribution in [0.25, 0.3) is 0 Å². The minimum Gasteiger partial charge on any atom is -0.324 e. The maximum atomic E-state index is 6.13. The van der Waals surface area contributed by atoms with Gasteiger partial charge in [0.05, 0.1) is 0 Å². The van der Waals surface area contributed by atoms with Crippen molar-refractivity contribution in [3.63, 3.8) is 0 Å². The molecule has 0 aliphatic rings. The summed E-state index contributed by atoms with van der Waals surface area (Å²) in [6.07, 6.45) is 0.810. The van der Waals surface area contributed by atoms with Gasteiger partial charge in [0.25, 0.3) is 0 Å². The van der Waals surface area contributed by atoms with Crippen molar-refractivity contribution >= 4 is 11.6 Å². The molecule has 0 spiro atoms. The number of hydrogen-bond acceptors (Lipinski definition) is 1. The molecule has 1 atom stereocenters. The molecule has 2 aromatic carbocycles. The Balaban J connectivity index is 2.11. The fraction of sp³-hybridized carbons (Fsp3) is 0.143. The molecule has 0 aliphatic heterocycles. The van der Waals surface area contributed by atoms with E-state index in [0.29, 0.717) is 0 Å². The highest BCUT2D eigenvalue weighted by Crippen LogP contribution is 2.18. The van der Waals surface area contributed by atoms with Crippen LogP contribution in [-0.4, -0.2) is 0 Å². The van der Waals surface area contributed by atoms with E-state index in [-0.39, 0.29) is 6.04 Å². The van der Waals surface area contributed by atoms with Gasteiger partial charge in [0, 0.05) is 11.1 Å². The topological polar surface area (TPSA) is 26.0 Å². The van der Waals surface area contributed by atoms with E-state index in [2.05, 4.69) is 18.2 Å². The van der Waals surface area contributed by atoms with Gasteiger partial charge in [-0.25, -0.2) is 0 Å². The highest BCUT2D eigenvalue weighted by Gasteiger charge is 2.06. The van der Waals surface area contributed by atoms with Crippen molar-refractivity contribution < 1.29 is 0 Å². The molecule has 1 unspecified atom stereocenters. The molecule has 0 fully saturated rings. The molecule has 0 heterocycles. The zero-order chi connectivity index (χ0) is 11.4. The van der Waals surface area contributed by atoms with Gasteiger partial charge in [-0.1, -0.05) is 54.1 Å². The first-order valence-corrected chi connectivity index (χ1v) is 5.68. The van der Waals surface area contributed by atoms with Gasteiger partial charge in [-0.05, 0) is 29.7 Å². The van der Waals surface area contributed by atoms with E-state index < -0.39 is 0 Å². The molecule has 0 amide bonds. The third kappa shape index (κ3) is 2.84. The molecular weight excluding hydrogens is 218 g/mol. The van der Waals surface area contributed by atoms with Gasteiger partial charge >= 0.3 is 0 Å². The smallest absolute Gasteiger partial charge is 0.0408 e. The summed E-state index contributed by atoms with van der Waals surface area (Å²) in [5, 5.41) is 0.762. The molecule has 2 aromatic rings. The third-order valence-corrected chi connectivity index (χ3v) is 2.81. The molecule has 1 nitrogen and oxygen atoms in total. The molecule has 0 aliphatic carbocycles. The van der Waals surface area contributed by atoms with Crippen LogP contribution in [0.5, 0.6) is 0 Å². The number of benzene rings is 2. The van der Waals surface area contributed by atoms with Crippen molar-refractivity contribution in [2.45, 2.75) is 12.5 Å². The molecule has 2 rings (SSSR count). The van der Waals surface area contributed by atoms with E-state index in [9.17, 15) is 0 Å². The van der Waals surface area contributed by atoms with E-state index in [1.807, 2.05) is 36.4 Å². The standard InChI is InChI=1S/C14H14ClN/c15-13-8-4-5-11(9-13)10-14(16)12-6-2-1-3-7-12/h1-9,14H,10,16H2. The second-order valence-corrected chi connectivity index (χ2v) is 4.29. The van der Waals surface area contributed by atoms with Crippen LogP contribution in [0, 0.1) is 0 Å². The van der Waals surface area contributed by atoms with E-state index in [1.54, 1.807) is 0 Å². The first-order valence-electron chi connectivity index (χ1n) is 5.30. The van der Waals surface area contributed by atoms with Gasteiger partial charge in [-0.3, -0.25) is 0 Å². The van der Waals surface area contributed by atoms with Crippen LogP contribution in [0.2, 0.25) is 5.02 Å². The predicted molar refractivity (Wildman–Crippen MR) is 68.5 cm³/mol. The van der Waals surface area contributed by atoms with E-state index in [4.69, 9.17) is 17.3 Å². The highest BCUT2D eigenvalue weighted by molar-refractivity contribution is 6.30. The minimum atomic E-state index is 0.0275. The Morgan fingerprint density at radius 3 is 2.44 bits per heavy atom. The fourth-order valence-corrected chi connectivity index (χ4v) is 1.95. The molecule has 2 heteroatoms. The van der Waals surface area contributed by atoms with Crippen LogP contribution < -0.4 is 5.73 Å². The van der Waals surface area contributed by atoms with Crippen molar-refractivity contribution in [1.82, 2.24) is 0 Å². The second kappa shape index (κ2) is 5.15. The summed E-state index contributed by atoms with van der Waals surface area (Å²) < 4.78 is 0. The Morgan fingerprint density at radius 1 is 1.00 bits per heavy atom. The Labute approximate surface area is 101 Å². The van der Waals surface area contributed by atoms with Crippen LogP contribution in [0.3, 0.4) is 0 Å². The van der Waals surface area contributed by atoms with Crippen molar-refractivity contribution in [2.75, 3.05) is 0 Å². The first kappa shape index (κ1) is 11.2. The van der Waals surface area contributed by atoms with Gasteiger partial charge < -0.3 is 5.73 Å². The van der Waals surface area contributed by atoms with Crippen LogP contribution in [-0.2, 0) is 6.42 Å². The SMILES string of the molecule is NC(Cc1cccc(Cl)c1)c1ccccc1. The summed E-state index contributed by atoms with van der Waals surface area (Å²) in [5.74, 6) is 0. The van der Waals surface area contributed by atoms with Gasteiger partial charge in [-0.2, -0.15) is 0 Å². The average Bonchev–Trinajstić information content (AvgIpc) is 2.30. The molecule has 0 aromatic heterocycles. The highest BCUT2D eigenvalue weighted by atomic mass is 35.5. The monoisotopic (exact) mass is 231 g/mol. The molecule has 0 radical (unpaired) electrons. The lowest BCUT2D eigenvalue weighted by Crippen LogP contribution is -2.13. The normalized spacial score (nSPS) is 12.4. The summed E-state index contributed by atoms with van der Waals surface area (Å²) >= 11 is 5.93. The number of nitrogens with two attached hydrogens (primary N) is 1. The minimum absolute atomic E-state index is 0.0275. The van der Waals surface area contributed by atoms with Crippen LogP contribution in [0.15, 0.2) is 54.6 Å². The van der Waals surface area contributed by atoms with Crippen LogP contribution >= 0.6 is 11.6 Å². The molecule has 0 saturated carbocycles. The van der Waals surface area contributed by atoms with Gasteiger partial charge in [0.1, 0.15) is 0 Å². The lowest BCUT2D eigenvalue weighted by Gasteiger charge is -2.12. The summed E-state index contributed by atoms with van der Waals surface area (Å²) in [6.45, 7) is 0. The Kier molecular flexibility index (Phi) is 3.60. The zero-order valence-corrected chi connectivity index (χ0v) is 9.69. The quantitative estimate of drug-likeness (QED) is 0.859. The maximum Gasteiger partial charge on any atom is 0.0408 e. The molecular formula is C14H14ClN. The maximum absolute atomic E-state index is 6.13. The number of hydrogen-bond donors (Lipinski definition) is 1. The van der Waals surface area contributed by atoms with Crippen molar-refractivity contribution in [1.29, 1.82) is 0 Å². The van der Waals surface area contributed by atoms with E-state index >= 15 is 0 Å². The van der Waals surface area contributed by atoms with Crippen molar-refractivity contribution in [2.24, 2.45) is 5.73 Å². The Morgan fingerprint density at radius 2 is 1.75 bits per heavy atom. The van der Waals surface area contributed by atoms with Crippen molar-refractivity contribution in [3.05, 3.63) is 70.7 Å². The lowest BCUT2D eigenvalue weighted by molar-refractivity contribution is 0.722.